The molecule has 4 atom stereocenters. The van der Waals surface area contributed by atoms with Gasteiger partial charge in [-0.2, -0.15) is 4.98 Å². The summed E-state index contributed by atoms with van der Waals surface area (Å²) >= 11 is 0. The Morgan fingerprint density at radius 3 is 2.55 bits per heavy atom. The van der Waals surface area contributed by atoms with Crippen molar-refractivity contribution >= 4 is 23.7 Å². The molecule has 0 aromatic carbocycles. The van der Waals surface area contributed by atoms with Gasteiger partial charge in [0.2, 0.25) is 11.9 Å². The number of amides is 1. The molecule has 38 heavy (non-hydrogen) atoms. The van der Waals surface area contributed by atoms with Gasteiger partial charge in [-0.3, -0.25) is 4.79 Å². The number of nitrogens with one attached hydrogen (secondary N) is 2. The molecule has 1 aromatic heterocycles. The Morgan fingerprint density at radius 1 is 1.13 bits per heavy atom. The molecule has 5 aliphatic rings. The van der Waals surface area contributed by atoms with E-state index in [0.29, 0.717) is 30.2 Å². The predicted molar refractivity (Wildman–Crippen MR) is 146 cm³/mol. The Morgan fingerprint density at radius 2 is 1.84 bits per heavy atom. The van der Waals surface area contributed by atoms with E-state index >= 15 is 0 Å². The summed E-state index contributed by atoms with van der Waals surface area (Å²) in [5.74, 6) is 1.53. The third kappa shape index (κ3) is 4.87. The van der Waals surface area contributed by atoms with Gasteiger partial charge < -0.3 is 15.5 Å². The molecule has 0 bridgehead atoms. The molecule has 1 heterocycles. The van der Waals surface area contributed by atoms with E-state index in [1.807, 2.05) is 14.1 Å². The van der Waals surface area contributed by atoms with Crippen molar-refractivity contribution in [1.82, 2.24) is 15.3 Å². The summed E-state index contributed by atoms with van der Waals surface area (Å²) in [4.78, 5) is 24.4. The van der Waals surface area contributed by atoms with E-state index in [9.17, 15) is 13.6 Å². The number of aromatic nitrogens is 2. The van der Waals surface area contributed by atoms with Crippen LogP contribution in [0.5, 0.6) is 0 Å². The number of carbonyl (C=O) groups is 1. The number of rotatable bonds is 7. The summed E-state index contributed by atoms with van der Waals surface area (Å²) < 4.78 is 26.7. The number of allylic oxidation sites excluding steroid dienone is 5. The van der Waals surface area contributed by atoms with E-state index < -0.39 is 12.0 Å². The van der Waals surface area contributed by atoms with Crippen molar-refractivity contribution in [1.29, 1.82) is 0 Å². The Labute approximate surface area is 224 Å². The summed E-state index contributed by atoms with van der Waals surface area (Å²) in [5, 5.41) is 6.89. The SMILES string of the molecule is CC1C=Cc2nc(NC3CC34CCC3(CC4)C[C@H]3NC(=O)CCC3=CCC(F)C(F)=C3)nc(N(C)C)c2C1. The van der Waals surface area contributed by atoms with Gasteiger partial charge in [-0.25, -0.2) is 13.8 Å². The number of carbonyl (C=O) groups excluding carboxylic acids is 1. The number of fused-ring (bicyclic) bond motifs is 1. The average molecular weight is 524 g/mol. The predicted octanol–water partition coefficient (Wildman–Crippen LogP) is 5.67. The third-order valence-corrected chi connectivity index (χ3v) is 9.66. The van der Waals surface area contributed by atoms with Crippen LogP contribution in [-0.2, 0) is 11.2 Å². The number of alkyl halides is 1. The molecule has 0 saturated heterocycles. The van der Waals surface area contributed by atoms with Crippen LogP contribution in [0.4, 0.5) is 20.5 Å². The second kappa shape index (κ2) is 9.45. The zero-order valence-corrected chi connectivity index (χ0v) is 22.7. The lowest BCUT2D eigenvalue weighted by Crippen LogP contribution is -2.32. The summed E-state index contributed by atoms with van der Waals surface area (Å²) in [7, 11) is 4.09. The molecule has 5 aliphatic carbocycles. The highest BCUT2D eigenvalue weighted by Gasteiger charge is 2.63. The molecular weight excluding hydrogens is 484 g/mol. The summed E-state index contributed by atoms with van der Waals surface area (Å²) in [6, 6.07) is 0.661. The van der Waals surface area contributed by atoms with Crippen molar-refractivity contribution in [3.8, 4) is 0 Å². The highest BCUT2D eigenvalue weighted by Crippen LogP contribution is 2.66. The van der Waals surface area contributed by atoms with Gasteiger partial charge >= 0.3 is 0 Å². The van der Waals surface area contributed by atoms with Gasteiger partial charge in [0.1, 0.15) is 11.6 Å². The van der Waals surface area contributed by atoms with Crippen LogP contribution < -0.4 is 15.5 Å². The minimum absolute atomic E-state index is 0.0138. The standard InChI is InChI=1S/C30H39F2N5O/c1-18-4-8-23-20(14-18)27(37(2)3)36-28(33-23)35-25-17-30(25)12-10-29(11-13-30)16-24(29)34-26(38)9-6-19-5-7-21(31)22(32)15-19/h4-5,8,15,18,21,24-25H,6-7,9-14,16-17H2,1-3H3,(H,34,38)(H,33,35,36)/t18?,21?,24-,25?,29?,30?/m1/s1. The molecule has 3 fully saturated rings. The highest BCUT2D eigenvalue weighted by atomic mass is 19.2. The first-order valence-corrected chi connectivity index (χ1v) is 14.2. The number of halogens is 2. The Kier molecular flexibility index (Phi) is 6.35. The number of anilines is 2. The van der Waals surface area contributed by atoms with Crippen LogP contribution in [0.1, 0.15) is 76.0 Å². The van der Waals surface area contributed by atoms with Crippen molar-refractivity contribution in [2.75, 3.05) is 24.3 Å². The smallest absolute Gasteiger partial charge is 0.225 e. The molecular formula is C30H39F2N5O. The Hall–Kier alpha value is -2.77. The maximum absolute atomic E-state index is 13.5. The fraction of sp³-hybridized carbons (Fsp3) is 0.633. The van der Waals surface area contributed by atoms with Crippen molar-refractivity contribution in [2.24, 2.45) is 16.7 Å². The lowest BCUT2D eigenvalue weighted by Gasteiger charge is -2.31. The molecule has 8 heteroatoms. The van der Waals surface area contributed by atoms with Gasteiger partial charge in [0, 0.05) is 44.6 Å². The third-order valence-electron chi connectivity index (χ3n) is 9.66. The first-order chi connectivity index (χ1) is 18.2. The van der Waals surface area contributed by atoms with Crippen molar-refractivity contribution in [3.05, 3.63) is 40.9 Å². The van der Waals surface area contributed by atoms with Gasteiger partial charge in [-0.15, -0.1) is 0 Å². The van der Waals surface area contributed by atoms with Crippen LogP contribution in [0.25, 0.3) is 6.08 Å². The second-order valence-corrected chi connectivity index (χ2v) is 12.6. The highest BCUT2D eigenvalue weighted by molar-refractivity contribution is 5.77. The molecule has 6 rings (SSSR count). The molecule has 0 aliphatic heterocycles. The van der Waals surface area contributed by atoms with E-state index in [0.717, 1.165) is 55.1 Å². The molecule has 0 radical (unpaired) electrons. The number of hydrogen-bond donors (Lipinski definition) is 2. The molecule has 2 spiro atoms. The minimum atomic E-state index is -1.53. The largest absolute Gasteiger partial charge is 0.362 e. The summed E-state index contributed by atoms with van der Waals surface area (Å²) in [5.41, 5.74) is 3.55. The van der Waals surface area contributed by atoms with Crippen molar-refractivity contribution in [3.63, 3.8) is 0 Å². The molecule has 2 N–H and O–H groups in total. The van der Waals surface area contributed by atoms with E-state index in [1.54, 1.807) is 6.08 Å². The monoisotopic (exact) mass is 523 g/mol. The van der Waals surface area contributed by atoms with Crippen molar-refractivity contribution < 1.29 is 13.6 Å². The van der Waals surface area contributed by atoms with E-state index in [4.69, 9.17) is 9.97 Å². The zero-order chi connectivity index (χ0) is 26.7. The van der Waals surface area contributed by atoms with Crippen LogP contribution in [0.3, 0.4) is 0 Å². The number of nitrogens with zero attached hydrogens (tertiary/aromatic N) is 3. The van der Waals surface area contributed by atoms with Gasteiger partial charge in [-0.1, -0.05) is 19.1 Å². The van der Waals surface area contributed by atoms with Crippen LogP contribution >= 0.6 is 0 Å². The molecule has 3 unspecified atom stereocenters. The maximum atomic E-state index is 13.5. The lowest BCUT2D eigenvalue weighted by atomic mass is 9.76. The lowest BCUT2D eigenvalue weighted by molar-refractivity contribution is -0.121. The normalized spacial score (nSPS) is 34.9. The van der Waals surface area contributed by atoms with Gasteiger partial charge in [0.15, 0.2) is 6.17 Å². The van der Waals surface area contributed by atoms with Crippen molar-refractivity contribution in [2.45, 2.75) is 89.4 Å². The molecule has 3 saturated carbocycles. The molecule has 1 amide bonds. The topological polar surface area (TPSA) is 70.1 Å². The summed E-state index contributed by atoms with van der Waals surface area (Å²) in [6.45, 7) is 2.22. The molecule has 204 valence electrons. The second-order valence-electron chi connectivity index (χ2n) is 12.6. The fourth-order valence-corrected chi connectivity index (χ4v) is 6.91. The van der Waals surface area contributed by atoms with Gasteiger partial charge in [0.05, 0.1) is 5.69 Å². The van der Waals surface area contributed by atoms with Gasteiger partial charge in [0.25, 0.3) is 0 Å². The Bertz CT molecular complexity index is 1210. The quantitative estimate of drug-likeness (QED) is 0.482. The Balaban J connectivity index is 0.996. The van der Waals surface area contributed by atoms with Gasteiger partial charge in [-0.05, 0) is 85.8 Å². The summed E-state index contributed by atoms with van der Waals surface area (Å²) in [6.07, 6.45) is 14.4. The first kappa shape index (κ1) is 25.5. The minimum Gasteiger partial charge on any atom is -0.362 e. The van der Waals surface area contributed by atoms with E-state index in [2.05, 4.69) is 34.6 Å². The van der Waals surface area contributed by atoms with Crippen LogP contribution in [0, 0.1) is 16.7 Å². The van der Waals surface area contributed by atoms with E-state index in [-0.39, 0.29) is 23.8 Å². The van der Waals surface area contributed by atoms with Crippen LogP contribution in [0.2, 0.25) is 0 Å². The number of hydrogen-bond acceptors (Lipinski definition) is 5. The first-order valence-electron chi connectivity index (χ1n) is 14.2. The molecule has 1 aromatic rings. The van der Waals surface area contributed by atoms with E-state index in [1.165, 1.54) is 24.5 Å². The zero-order valence-electron chi connectivity index (χ0n) is 22.7. The van der Waals surface area contributed by atoms with Crippen LogP contribution in [0.15, 0.2) is 29.6 Å². The molecule has 6 nitrogen and oxygen atoms in total. The van der Waals surface area contributed by atoms with Crippen LogP contribution in [-0.4, -0.2) is 48.2 Å². The average Bonchev–Trinajstić information content (AvgIpc) is 3.76. The maximum Gasteiger partial charge on any atom is 0.225 e. The fourth-order valence-electron chi connectivity index (χ4n) is 6.91.